The van der Waals surface area contributed by atoms with Gasteiger partial charge in [-0.15, -0.1) is 0 Å². The fraction of sp³-hybridized carbons (Fsp3) is 0.529. The lowest BCUT2D eigenvalue weighted by Crippen LogP contribution is -2.22. The Balaban J connectivity index is 1.47. The van der Waals surface area contributed by atoms with Crippen molar-refractivity contribution < 1.29 is 9.21 Å². The smallest absolute Gasteiger partial charge is 0.287 e. The molecule has 5 heteroatoms. The Morgan fingerprint density at radius 1 is 1.32 bits per heavy atom. The Hall–Kier alpha value is -2.04. The zero-order chi connectivity index (χ0) is 14.9. The van der Waals surface area contributed by atoms with Crippen LogP contribution in [0.1, 0.15) is 72.4 Å². The highest BCUT2D eigenvalue weighted by Gasteiger charge is 2.31. The number of hydrogen-bond acceptors (Lipinski definition) is 3. The normalized spacial score (nSPS) is 18.7. The predicted octanol–water partition coefficient (Wildman–Crippen LogP) is 3.40. The first-order valence-corrected chi connectivity index (χ1v) is 8.21. The Labute approximate surface area is 129 Å². The van der Waals surface area contributed by atoms with Crippen LogP contribution >= 0.6 is 0 Å². The van der Waals surface area contributed by atoms with Crippen LogP contribution < -0.4 is 5.32 Å². The van der Waals surface area contributed by atoms with Crippen LogP contribution in [-0.4, -0.2) is 15.7 Å². The van der Waals surface area contributed by atoms with Gasteiger partial charge in [0.25, 0.3) is 5.91 Å². The van der Waals surface area contributed by atoms with E-state index >= 15 is 0 Å². The minimum absolute atomic E-state index is 0.187. The molecule has 4 rings (SSSR count). The van der Waals surface area contributed by atoms with Crippen molar-refractivity contribution >= 4 is 5.91 Å². The molecule has 2 aromatic rings. The summed E-state index contributed by atoms with van der Waals surface area (Å²) < 4.78 is 7.35. The lowest BCUT2D eigenvalue weighted by atomic mass is 10.2. The summed E-state index contributed by atoms with van der Waals surface area (Å²) in [6.07, 6.45) is 9.14. The molecule has 116 valence electrons. The molecule has 1 N–H and O–H groups in total. The summed E-state index contributed by atoms with van der Waals surface area (Å²) in [4.78, 5) is 11.9. The van der Waals surface area contributed by atoms with E-state index < -0.39 is 0 Å². The molecule has 0 atom stereocenters. The lowest BCUT2D eigenvalue weighted by molar-refractivity contribution is 0.0922. The molecule has 5 nitrogen and oxygen atoms in total. The third-order valence-corrected chi connectivity index (χ3v) is 4.66. The topological polar surface area (TPSA) is 60.1 Å². The molecule has 0 aliphatic heterocycles. The molecule has 1 amide bonds. The predicted molar refractivity (Wildman–Crippen MR) is 81.6 cm³/mol. The second kappa shape index (κ2) is 5.63. The standard InChI is InChI=1S/C17H21N3O2/c21-17(16-6-3-9-22-16)18-11-13-10-15(12-7-8-12)20(19-13)14-4-1-2-5-14/h3,6,9-10,12,14H,1-2,4-5,7-8,11H2,(H,18,21). The highest BCUT2D eigenvalue weighted by molar-refractivity contribution is 5.91. The largest absolute Gasteiger partial charge is 0.459 e. The second-order valence-corrected chi connectivity index (χ2v) is 6.38. The number of rotatable bonds is 5. The average Bonchev–Trinajstić information content (AvgIpc) is 3.02. The van der Waals surface area contributed by atoms with Gasteiger partial charge >= 0.3 is 0 Å². The molecule has 0 bridgehead atoms. The number of nitrogens with zero attached hydrogens (tertiary/aromatic N) is 2. The van der Waals surface area contributed by atoms with Crippen LogP contribution in [0.25, 0.3) is 0 Å². The highest BCUT2D eigenvalue weighted by Crippen LogP contribution is 2.43. The molecule has 2 saturated carbocycles. The molecule has 0 spiro atoms. The van der Waals surface area contributed by atoms with Crippen LogP contribution in [0.4, 0.5) is 0 Å². The van der Waals surface area contributed by atoms with Crippen molar-refractivity contribution in [3.8, 4) is 0 Å². The van der Waals surface area contributed by atoms with E-state index in [1.54, 1.807) is 12.1 Å². The first-order chi connectivity index (χ1) is 10.8. The number of hydrogen-bond donors (Lipinski definition) is 1. The summed E-state index contributed by atoms with van der Waals surface area (Å²) in [7, 11) is 0. The summed E-state index contributed by atoms with van der Waals surface area (Å²) >= 11 is 0. The monoisotopic (exact) mass is 299 g/mol. The maximum Gasteiger partial charge on any atom is 0.287 e. The van der Waals surface area contributed by atoms with Crippen molar-refractivity contribution in [3.63, 3.8) is 0 Å². The van der Waals surface area contributed by atoms with E-state index in [1.807, 2.05) is 0 Å². The molecule has 2 aliphatic carbocycles. The summed E-state index contributed by atoms with van der Waals surface area (Å²) in [5, 5.41) is 7.66. The van der Waals surface area contributed by atoms with Gasteiger partial charge in [-0.25, -0.2) is 0 Å². The van der Waals surface area contributed by atoms with E-state index in [4.69, 9.17) is 9.52 Å². The zero-order valence-corrected chi connectivity index (χ0v) is 12.6. The minimum atomic E-state index is -0.187. The van der Waals surface area contributed by atoms with Gasteiger partial charge in [0.15, 0.2) is 5.76 Å². The van der Waals surface area contributed by atoms with Crippen LogP contribution in [0.5, 0.6) is 0 Å². The summed E-state index contributed by atoms with van der Waals surface area (Å²) in [6.45, 7) is 0.457. The van der Waals surface area contributed by atoms with E-state index in [2.05, 4.69) is 16.1 Å². The number of furan rings is 1. The first-order valence-electron chi connectivity index (χ1n) is 8.21. The summed E-state index contributed by atoms with van der Waals surface area (Å²) in [6, 6.07) is 6.13. The Bertz CT molecular complexity index is 650. The third-order valence-electron chi connectivity index (χ3n) is 4.66. The van der Waals surface area contributed by atoms with Gasteiger partial charge < -0.3 is 9.73 Å². The molecule has 2 fully saturated rings. The van der Waals surface area contributed by atoms with E-state index in [1.165, 1.54) is 50.5 Å². The van der Waals surface area contributed by atoms with Crippen molar-refractivity contribution in [2.75, 3.05) is 0 Å². The van der Waals surface area contributed by atoms with Gasteiger partial charge in [0.1, 0.15) is 0 Å². The number of carbonyl (C=O) groups excluding carboxylic acids is 1. The second-order valence-electron chi connectivity index (χ2n) is 6.38. The Kier molecular flexibility index (Phi) is 3.48. The van der Waals surface area contributed by atoms with Crippen molar-refractivity contribution in [1.29, 1.82) is 0 Å². The maximum absolute atomic E-state index is 11.9. The first kappa shape index (κ1) is 13.6. The number of nitrogens with one attached hydrogen (secondary N) is 1. The molecule has 2 heterocycles. The fourth-order valence-electron chi connectivity index (χ4n) is 3.34. The van der Waals surface area contributed by atoms with Crippen LogP contribution in [-0.2, 0) is 6.54 Å². The molecule has 0 aromatic carbocycles. The molecule has 0 unspecified atom stereocenters. The van der Waals surface area contributed by atoms with Gasteiger partial charge in [-0.3, -0.25) is 9.48 Å². The van der Waals surface area contributed by atoms with Gasteiger partial charge in [-0.1, -0.05) is 12.8 Å². The van der Waals surface area contributed by atoms with Crippen molar-refractivity contribution in [3.05, 3.63) is 41.6 Å². The van der Waals surface area contributed by atoms with Crippen molar-refractivity contribution in [2.24, 2.45) is 0 Å². The maximum atomic E-state index is 11.9. The number of carbonyl (C=O) groups is 1. The highest BCUT2D eigenvalue weighted by atomic mass is 16.3. The average molecular weight is 299 g/mol. The number of amides is 1. The van der Waals surface area contributed by atoms with Crippen molar-refractivity contribution in [2.45, 2.75) is 57.0 Å². The molecule has 2 aromatic heterocycles. The van der Waals surface area contributed by atoms with Crippen LogP contribution in [0.2, 0.25) is 0 Å². The van der Waals surface area contributed by atoms with Crippen LogP contribution in [0.15, 0.2) is 28.9 Å². The van der Waals surface area contributed by atoms with Gasteiger partial charge in [0, 0.05) is 11.6 Å². The number of aromatic nitrogens is 2. The van der Waals surface area contributed by atoms with E-state index in [9.17, 15) is 4.79 Å². The van der Waals surface area contributed by atoms with Gasteiger partial charge in [-0.05, 0) is 43.9 Å². The quantitative estimate of drug-likeness (QED) is 0.920. The lowest BCUT2D eigenvalue weighted by Gasteiger charge is -2.13. The molecular formula is C17H21N3O2. The Morgan fingerprint density at radius 3 is 2.82 bits per heavy atom. The summed E-state index contributed by atoms with van der Waals surface area (Å²) in [5.41, 5.74) is 2.32. The van der Waals surface area contributed by atoms with E-state index in [-0.39, 0.29) is 5.91 Å². The Morgan fingerprint density at radius 2 is 2.14 bits per heavy atom. The van der Waals surface area contributed by atoms with E-state index in [0.717, 1.165) is 5.69 Å². The SMILES string of the molecule is O=C(NCc1cc(C2CC2)n(C2CCCC2)n1)c1ccco1. The molecule has 0 radical (unpaired) electrons. The van der Waals surface area contributed by atoms with Crippen LogP contribution in [0, 0.1) is 0 Å². The van der Waals surface area contributed by atoms with Crippen LogP contribution in [0.3, 0.4) is 0 Å². The molecule has 2 aliphatic rings. The van der Waals surface area contributed by atoms with Gasteiger partial charge in [0.2, 0.25) is 0 Å². The van der Waals surface area contributed by atoms with Crippen molar-refractivity contribution in [1.82, 2.24) is 15.1 Å². The van der Waals surface area contributed by atoms with E-state index in [0.29, 0.717) is 24.3 Å². The zero-order valence-electron chi connectivity index (χ0n) is 12.6. The molecular weight excluding hydrogens is 278 g/mol. The minimum Gasteiger partial charge on any atom is -0.459 e. The third kappa shape index (κ3) is 2.67. The van der Waals surface area contributed by atoms with Gasteiger partial charge in [0.05, 0.1) is 24.5 Å². The van der Waals surface area contributed by atoms with Gasteiger partial charge in [-0.2, -0.15) is 5.10 Å². The molecule has 22 heavy (non-hydrogen) atoms. The molecule has 0 saturated heterocycles. The summed E-state index contributed by atoms with van der Waals surface area (Å²) in [5.74, 6) is 0.841. The fourth-order valence-corrected chi connectivity index (χ4v) is 3.34.